The van der Waals surface area contributed by atoms with E-state index in [1.165, 1.54) is 11.4 Å². The van der Waals surface area contributed by atoms with E-state index in [0.717, 1.165) is 4.31 Å². The van der Waals surface area contributed by atoms with Crippen molar-refractivity contribution in [3.8, 4) is 0 Å². The Morgan fingerprint density at radius 3 is 2.43 bits per heavy atom. The van der Waals surface area contributed by atoms with Crippen LogP contribution in [0.1, 0.15) is 0 Å². The molecule has 1 saturated heterocycles. The van der Waals surface area contributed by atoms with Gasteiger partial charge >= 0.3 is 0 Å². The van der Waals surface area contributed by atoms with Crippen LogP contribution >= 0.6 is 23.2 Å². The molecular weight excluding hydrogens is 365 g/mol. The largest absolute Gasteiger partial charge is 0.379 e. The summed E-state index contributed by atoms with van der Waals surface area (Å²) >= 11 is 11.9. The molecule has 0 radical (unpaired) electrons. The number of morpholine rings is 1. The van der Waals surface area contributed by atoms with E-state index in [1.807, 2.05) is 0 Å². The molecule has 1 aromatic carbocycles. The van der Waals surface area contributed by atoms with Gasteiger partial charge in [-0.25, -0.2) is 0 Å². The second-order valence-electron chi connectivity index (χ2n) is 4.92. The molecule has 7 nitrogen and oxygen atoms in total. The Morgan fingerprint density at radius 1 is 1.30 bits per heavy atom. The summed E-state index contributed by atoms with van der Waals surface area (Å²) in [5, 5.41) is 3.10. The molecule has 23 heavy (non-hydrogen) atoms. The van der Waals surface area contributed by atoms with Crippen LogP contribution in [-0.2, 0) is 19.7 Å². The molecule has 128 valence electrons. The van der Waals surface area contributed by atoms with E-state index in [-0.39, 0.29) is 35.4 Å². The normalized spacial score (nSPS) is 16.5. The zero-order valence-corrected chi connectivity index (χ0v) is 14.8. The summed E-state index contributed by atoms with van der Waals surface area (Å²) in [5.41, 5.74) is 0.262. The first-order valence-corrected chi connectivity index (χ1v) is 9.00. The highest BCUT2D eigenvalue weighted by atomic mass is 35.5. The van der Waals surface area contributed by atoms with Gasteiger partial charge in [-0.15, -0.1) is 0 Å². The highest BCUT2D eigenvalue weighted by molar-refractivity contribution is 7.86. The molecule has 0 atom stereocenters. The fraction of sp³-hybridized carbons (Fsp3) is 0.462. The van der Waals surface area contributed by atoms with Gasteiger partial charge in [0.05, 0.1) is 35.5 Å². The highest BCUT2D eigenvalue weighted by Gasteiger charge is 2.29. The third kappa shape index (κ3) is 4.56. The second-order valence-corrected chi connectivity index (χ2v) is 7.77. The Hall–Kier alpha value is -0.900. The number of amides is 1. The first-order chi connectivity index (χ1) is 10.8. The Morgan fingerprint density at radius 2 is 1.87 bits per heavy atom. The van der Waals surface area contributed by atoms with Crippen LogP contribution in [0.2, 0.25) is 10.0 Å². The summed E-state index contributed by atoms with van der Waals surface area (Å²) in [5.74, 6) is -0.528. The van der Waals surface area contributed by atoms with Crippen molar-refractivity contribution in [1.82, 2.24) is 8.61 Å². The molecule has 2 rings (SSSR count). The SMILES string of the molecule is CN(CC(=O)Nc1c(Cl)cccc1Cl)S(=O)(=O)N1CCOCC1. The lowest BCUT2D eigenvalue weighted by molar-refractivity contribution is -0.116. The average Bonchev–Trinajstić information content (AvgIpc) is 2.52. The minimum Gasteiger partial charge on any atom is -0.379 e. The molecule has 0 bridgehead atoms. The smallest absolute Gasteiger partial charge is 0.282 e. The van der Waals surface area contributed by atoms with Crippen LogP contribution in [0.15, 0.2) is 18.2 Å². The van der Waals surface area contributed by atoms with Gasteiger partial charge in [0.2, 0.25) is 5.91 Å². The first kappa shape index (κ1) is 18.4. The van der Waals surface area contributed by atoms with Crippen molar-refractivity contribution in [1.29, 1.82) is 0 Å². The van der Waals surface area contributed by atoms with E-state index in [1.54, 1.807) is 18.2 Å². The zero-order chi connectivity index (χ0) is 17.0. The Kier molecular flexibility index (Phi) is 6.24. The summed E-state index contributed by atoms with van der Waals surface area (Å²) in [7, 11) is -2.36. The van der Waals surface area contributed by atoms with Crippen LogP contribution in [-0.4, -0.2) is 62.8 Å². The summed E-state index contributed by atoms with van der Waals surface area (Å²) in [6.07, 6.45) is 0. The number of ether oxygens (including phenoxy) is 1. The van der Waals surface area contributed by atoms with E-state index in [0.29, 0.717) is 13.2 Å². The van der Waals surface area contributed by atoms with Gasteiger partial charge in [-0.3, -0.25) is 4.79 Å². The van der Waals surface area contributed by atoms with Crippen LogP contribution in [0, 0.1) is 0 Å². The number of likely N-dealkylation sites (N-methyl/N-ethyl adjacent to an activating group) is 1. The number of hydrogen-bond donors (Lipinski definition) is 1. The van der Waals surface area contributed by atoms with Gasteiger partial charge in [0, 0.05) is 20.1 Å². The average molecular weight is 382 g/mol. The van der Waals surface area contributed by atoms with Crippen LogP contribution in [0.5, 0.6) is 0 Å². The van der Waals surface area contributed by atoms with Crippen molar-refractivity contribution in [2.45, 2.75) is 0 Å². The van der Waals surface area contributed by atoms with Gasteiger partial charge in [0.15, 0.2) is 0 Å². The highest BCUT2D eigenvalue weighted by Crippen LogP contribution is 2.29. The maximum atomic E-state index is 12.4. The van der Waals surface area contributed by atoms with Crippen molar-refractivity contribution in [3.05, 3.63) is 28.2 Å². The molecule has 1 aliphatic heterocycles. The molecular formula is C13H17Cl2N3O4S. The monoisotopic (exact) mass is 381 g/mol. The van der Waals surface area contributed by atoms with Gasteiger partial charge in [-0.1, -0.05) is 29.3 Å². The Labute approximate surface area is 145 Å². The Balaban J connectivity index is 2.02. The minimum absolute atomic E-state index is 0.262. The molecule has 1 aliphatic rings. The van der Waals surface area contributed by atoms with Gasteiger partial charge in [0.25, 0.3) is 10.2 Å². The molecule has 1 N–H and O–H groups in total. The molecule has 0 spiro atoms. The number of carbonyl (C=O) groups excluding carboxylic acids is 1. The van der Waals surface area contributed by atoms with E-state index in [2.05, 4.69) is 5.32 Å². The summed E-state index contributed by atoms with van der Waals surface area (Å²) in [6.45, 7) is 0.875. The third-order valence-electron chi connectivity index (χ3n) is 3.28. The summed E-state index contributed by atoms with van der Waals surface area (Å²) in [4.78, 5) is 12.1. The number of nitrogens with one attached hydrogen (secondary N) is 1. The van der Waals surface area contributed by atoms with Gasteiger partial charge in [-0.2, -0.15) is 17.0 Å². The number of rotatable bonds is 5. The lowest BCUT2D eigenvalue weighted by atomic mass is 10.3. The molecule has 0 saturated carbocycles. The molecule has 1 amide bonds. The predicted molar refractivity (Wildman–Crippen MR) is 89.0 cm³/mol. The molecule has 1 fully saturated rings. The van der Waals surface area contributed by atoms with Gasteiger partial charge in [0.1, 0.15) is 0 Å². The van der Waals surface area contributed by atoms with E-state index >= 15 is 0 Å². The number of hydrogen-bond acceptors (Lipinski definition) is 4. The number of anilines is 1. The number of halogens is 2. The van der Waals surface area contributed by atoms with Gasteiger partial charge in [-0.05, 0) is 12.1 Å². The molecule has 1 aromatic rings. The number of benzene rings is 1. The van der Waals surface area contributed by atoms with Crippen molar-refractivity contribution in [3.63, 3.8) is 0 Å². The number of nitrogens with zero attached hydrogens (tertiary/aromatic N) is 2. The fourth-order valence-corrected chi connectivity index (χ4v) is 3.83. The van der Waals surface area contributed by atoms with Gasteiger partial charge < -0.3 is 10.1 Å². The lowest BCUT2D eigenvalue weighted by Crippen LogP contribution is -2.49. The van der Waals surface area contributed by atoms with E-state index < -0.39 is 16.1 Å². The summed E-state index contributed by atoms with van der Waals surface area (Å²) in [6, 6.07) is 4.81. The second kappa shape index (κ2) is 7.78. The molecule has 0 aromatic heterocycles. The maximum Gasteiger partial charge on any atom is 0.282 e. The minimum atomic E-state index is -3.71. The van der Waals surface area contributed by atoms with Crippen molar-refractivity contribution in [2.75, 3.05) is 45.2 Å². The molecule has 0 unspecified atom stereocenters. The lowest BCUT2D eigenvalue weighted by Gasteiger charge is -2.29. The van der Waals surface area contributed by atoms with Crippen LogP contribution < -0.4 is 5.32 Å². The third-order valence-corrected chi connectivity index (χ3v) is 5.85. The zero-order valence-electron chi connectivity index (χ0n) is 12.5. The van der Waals surface area contributed by atoms with Crippen LogP contribution in [0.4, 0.5) is 5.69 Å². The maximum absolute atomic E-state index is 12.4. The Bertz CT molecular complexity index is 658. The number of carbonyl (C=O) groups is 1. The molecule has 0 aliphatic carbocycles. The quantitative estimate of drug-likeness (QED) is 0.836. The summed E-state index contributed by atoms with van der Waals surface area (Å²) < 4.78 is 32.1. The first-order valence-electron chi connectivity index (χ1n) is 6.85. The predicted octanol–water partition coefficient (Wildman–Crippen LogP) is 1.44. The molecule has 1 heterocycles. The van der Waals surface area contributed by atoms with E-state index in [9.17, 15) is 13.2 Å². The van der Waals surface area contributed by atoms with Crippen LogP contribution in [0.25, 0.3) is 0 Å². The fourth-order valence-electron chi connectivity index (χ4n) is 2.05. The molecule has 10 heteroatoms. The number of para-hydroxylation sites is 1. The van der Waals surface area contributed by atoms with E-state index in [4.69, 9.17) is 27.9 Å². The standard InChI is InChI=1S/C13H17Cl2N3O4S/c1-17(23(20,21)18-5-7-22-8-6-18)9-12(19)16-13-10(14)3-2-4-11(13)15/h2-4H,5-9H2,1H3,(H,16,19). The van der Waals surface area contributed by atoms with Crippen LogP contribution in [0.3, 0.4) is 0 Å². The van der Waals surface area contributed by atoms with Crippen molar-refractivity contribution < 1.29 is 17.9 Å². The van der Waals surface area contributed by atoms with Crippen molar-refractivity contribution in [2.24, 2.45) is 0 Å². The topological polar surface area (TPSA) is 79.0 Å². The van der Waals surface area contributed by atoms with Crippen molar-refractivity contribution >= 4 is 45.0 Å².